The Balaban J connectivity index is 1.52. The third-order valence-electron chi connectivity index (χ3n) is 4.85. The van der Waals surface area contributed by atoms with Crippen LogP contribution in [-0.2, 0) is 0 Å². The maximum Gasteiger partial charge on any atom is 0.119 e. The SMILES string of the molecule is CC(C)C1CN(CCOc2ccccc2)C(C2CC2)CN1. The van der Waals surface area contributed by atoms with Gasteiger partial charge in [0.1, 0.15) is 12.4 Å². The van der Waals surface area contributed by atoms with Gasteiger partial charge in [-0.1, -0.05) is 32.0 Å². The van der Waals surface area contributed by atoms with Crippen molar-refractivity contribution in [3.8, 4) is 5.75 Å². The minimum Gasteiger partial charge on any atom is -0.492 e. The van der Waals surface area contributed by atoms with E-state index in [0.717, 1.165) is 44.0 Å². The molecule has 0 amide bonds. The van der Waals surface area contributed by atoms with Gasteiger partial charge in [-0.15, -0.1) is 0 Å². The number of hydrogen-bond donors (Lipinski definition) is 1. The molecule has 0 aromatic heterocycles. The molecule has 3 heteroatoms. The van der Waals surface area contributed by atoms with Crippen LogP contribution < -0.4 is 10.1 Å². The van der Waals surface area contributed by atoms with Crippen LogP contribution >= 0.6 is 0 Å². The highest BCUT2D eigenvalue weighted by atomic mass is 16.5. The summed E-state index contributed by atoms with van der Waals surface area (Å²) in [4.78, 5) is 2.67. The molecule has 0 spiro atoms. The lowest BCUT2D eigenvalue weighted by Crippen LogP contribution is -2.59. The Morgan fingerprint density at radius 3 is 2.67 bits per heavy atom. The highest BCUT2D eigenvalue weighted by Gasteiger charge is 2.38. The molecule has 1 aromatic rings. The standard InChI is InChI=1S/C18H28N2O/c1-14(2)17-13-20(18(12-19-17)15-8-9-15)10-11-21-16-6-4-3-5-7-16/h3-7,14-15,17-19H,8-13H2,1-2H3. The van der Waals surface area contributed by atoms with Gasteiger partial charge in [0, 0.05) is 31.7 Å². The van der Waals surface area contributed by atoms with Gasteiger partial charge in [0.15, 0.2) is 0 Å². The van der Waals surface area contributed by atoms with Crippen LogP contribution in [0.5, 0.6) is 5.75 Å². The summed E-state index contributed by atoms with van der Waals surface area (Å²) < 4.78 is 5.89. The van der Waals surface area contributed by atoms with E-state index < -0.39 is 0 Å². The Morgan fingerprint density at radius 1 is 1.24 bits per heavy atom. The van der Waals surface area contributed by atoms with Crippen molar-refractivity contribution in [2.75, 3.05) is 26.2 Å². The van der Waals surface area contributed by atoms with Gasteiger partial charge < -0.3 is 10.1 Å². The molecule has 116 valence electrons. The van der Waals surface area contributed by atoms with Crippen LogP contribution in [0, 0.1) is 11.8 Å². The predicted octanol–water partition coefficient (Wildman–Crippen LogP) is 2.77. The fourth-order valence-corrected chi connectivity index (χ4v) is 3.30. The number of rotatable bonds is 6. The first-order valence-corrected chi connectivity index (χ1v) is 8.39. The average molecular weight is 288 g/mol. The number of nitrogens with one attached hydrogen (secondary N) is 1. The summed E-state index contributed by atoms with van der Waals surface area (Å²) in [6.07, 6.45) is 2.82. The van der Waals surface area contributed by atoms with E-state index in [1.54, 1.807) is 0 Å². The minimum atomic E-state index is 0.622. The summed E-state index contributed by atoms with van der Waals surface area (Å²) in [6.45, 7) is 8.77. The van der Waals surface area contributed by atoms with Crippen LogP contribution in [-0.4, -0.2) is 43.2 Å². The molecule has 2 atom stereocenters. The molecule has 1 aliphatic heterocycles. The summed E-state index contributed by atoms with van der Waals surface area (Å²) in [6, 6.07) is 11.5. The Bertz CT molecular complexity index is 430. The van der Waals surface area contributed by atoms with Crippen molar-refractivity contribution in [3.63, 3.8) is 0 Å². The summed E-state index contributed by atoms with van der Waals surface area (Å²) in [5, 5.41) is 3.75. The van der Waals surface area contributed by atoms with Crippen LogP contribution in [0.4, 0.5) is 0 Å². The van der Waals surface area contributed by atoms with E-state index in [4.69, 9.17) is 4.74 Å². The highest BCUT2D eigenvalue weighted by molar-refractivity contribution is 5.20. The third-order valence-corrected chi connectivity index (χ3v) is 4.85. The lowest BCUT2D eigenvalue weighted by atomic mass is 9.97. The van der Waals surface area contributed by atoms with Gasteiger partial charge in [0.2, 0.25) is 0 Å². The maximum absolute atomic E-state index is 5.89. The van der Waals surface area contributed by atoms with Crippen LogP contribution in [0.2, 0.25) is 0 Å². The Hall–Kier alpha value is -1.06. The van der Waals surface area contributed by atoms with Crippen LogP contribution in [0.3, 0.4) is 0 Å². The number of benzene rings is 1. The zero-order valence-electron chi connectivity index (χ0n) is 13.3. The van der Waals surface area contributed by atoms with Crippen molar-refractivity contribution in [1.29, 1.82) is 0 Å². The second-order valence-corrected chi connectivity index (χ2v) is 6.82. The van der Waals surface area contributed by atoms with Gasteiger partial charge in [-0.05, 0) is 36.8 Å². The summed E-state index contributed by atoms with van der Waals surface area (Å²) in [7, 11) is 0. The summed E-state index contributed by atoms with van der Waals surface area (Å²) in [5.41, 5.74) is 0. The molecule has 1 aromatic carbocycles. The Kier molecular flexibility index (Phi) is 4.81. The van der Waals surface area contributed by atoms with Gasteiger partial charge in [-0.25, -0.2) is 0 Å². The number of hydrogen-bond acceptors (Lipinski definition) is 3. The molecular weight excluding hydrogens is 260 g/mol. The zero-order chi connectivity index (χ0) is 14.7. The first-order chi connectivity index (χ1) is 10.2. The van der Waals surface area contributed by atoms with Crippen molar-refractivity contribution in [2.45, 2.75) is 38.8 Å². The van der Waals surface area contributed by atoms with E-state index in [1.165, 1.54) is 12.8 Å². The second-order valence-electron chi connectivity index (χ2n) is 6.82. The maximum atomic E-state index is 5.89. The van der Waals surface area contributed by atoms with Crippen molar-refractivity contribution in [3.05, 3.63) is 30.3 Å². The number of piperazine rings is 1. The molecule has 3 rings (SSSR count). The van der Waals surface area contributed by atoms with E-state index >= 15 is 0 Å². The molecule has 2 unspecified atom stereocenters. The van der Waals surface area contributed by atoms with Gasteiger partial charge in [-0.2, -0.15) is 0 Å². The molecule has 21 heavy (non-hydrogen) atoms. The van der Waals surface area contributed by atoms with Crippen LogP contribution in [0.1, 0.15) is 26.7 Å². The molecule has 1 aliphatic carbocycles. The first kappa shape index (κ1) is 14.9. The molecule has 0 radical (unpaired) electrons. The van der Waals surface area contributed by atoms with Crippen LogP contribution in [0.15, 0.2) is 30.3 Å². The van der Waals surface area contributed by atoms with Crippen molar-refractivity contribution in [2.24, 2.45) is 11.8 Å². The van der Waals surface area contributed by atoms with E-state index in [0.29, 0.717) is 12.0 Å². The van der Waals surface area contributed by atoms with E-state index in [1.807, 2.05) is 30.3 Å². The molecule has 2 fully saturated rings. The van der Waals surface area contributed by atoms with Gasteiger partial charge in [0.05, 0.1) is 0 Å². The van der Waals surface area contributed by atoms with Crippen molar-refractivity contribution in [1.82, 2.24) is 10.2 Å². The number of nitrogens with zero attached hydrogens (tertiary/aromatic N) is 1. The normalized spacial score (nSPS) is 27.0. The fraction of sp³-hybridized carbons (Fsp3) is 0.667. The fourth-order valence-electron chi connectivity index (χ4n) is 3.30. The Morgan fingerprint density at radius 2 is 2.00 bits per heavy atom. The monoisotopic (exact) mass is 288 g/mol. The number of para-hydroxylation sites is 1. The lowest BCUT2D eigenvalue weighted by Gasteiger charge is -2.42. The van der Waals surface area contributed by atoms with E-state index in [-0.39, 0.29) is 0 Å². The molecule has 3 nitrogen and oxygen atoms in total. The van der Waals surface area contributed by atoms with Gasteiger partial charge >= 0.3 is 0 Å². The van der Waals surface area contributed by atoms with Crippen LogP contribution in [0.25, 0.3) is 0 Å². The quantitative estimate of drug-likeness (QED) is 0.871. The lowest BCUT2D eigenvalue weighted by molar-refractivity contribution is 0.0841. The van der Waals surface area contributed by atoms with Gasteiger partial charge in [0.25, 0.3) is 0 Å². The molecule has 1 N–H and O–H groups in total. The highest BCUT2D eigenvalue weighted by Crippen LogP contribution is 2.36. The van der Waals surface area contributed by atoms with Crippen molar-refractivity contribution >= 4 is 0 Å². The Labute approximate surface area is 128 Å². The third kappa shape index (κ3) is 3.98. The largest absolute Gasteiger partial charge is 0.492 e. The number of ether oxygens (including phenoxy) is 1. The van der Waals surface area contributed by atoms with Crippen molar-refractivity contribution < 1.29 is 4.74 Å². The second kappa shape index (κ2) is 6.80. The minimum absolute atomic E-state index is 0.622. The average Bonchev–Trinajstić information content (AvgIpc) is 3.33. The summed E-state index contributed by atoms with van der Waals surface area (Å²) >= 11 is 0. The molecule has 0 bridgehead atoms. The smallest absolute Gasteiger partial charge is 0.119 e. The molecule has 1 heterocycles. The predicted molar refractivity (Wildman–Crippen MR) is 86.7 cm³/mol. The molecular formula is C18H28N2O. The zero-order valence-corrected chi connectivity index (χ0v) is 13.3. The van der Waals surface area contributed by atoms with Gasteiger partial charge in [-0.3, -0.25) is 4.90 Å². The molecule has 1 saturated carbocycles. The van der Waals surface area contributed by atoms with E-state index in [9.17, 15) is 0 Å². The topological polar surface area (TPSA) is 24.5 Å². The van der Waals surface area contributed by atoms with E-state index in [2.05, 4.69) is 24.1 Å². The first-order valence-electron chi connectivity index (χ1n) is 8.39. The molecule has 2 aliphatic rings. The summed E-state index contributed by atoms with van der Waals surface area (Å²) in [5.74, 6) is 2.60. The molecule has 1 saturated heterocycles.